The van der Waals surface area contributed by atoms with Gasteiger partial charge in [-0.1, -0.05) is 11.6 Å². The van der Waals surface area contributed by atoms with Gasteiger partial charge in [0.05, 0.1) is 11.4 Å². The lowest BCUT2D eigenvalue weighted by Crippen LogP contribution is -2.19. The molecule has 0 amide bonds. The van der Waals surface area contributed by atoms with Crippen molar-refractivity contribution in [2.45, 2.75) is 6.42 Å². The largest absolute Gasteiger partial charge is 0.330 e. The van der Waals surface area contributed by atoms with Crippen LogP contribution in [0.25, 0.3) is 0 Å². The zero-order chi connectivity index (χ0) is 12.2. The summed E-state index contributed by atoms with van der Waals surface area (Å²) in [5.74, 6) is -0.809. The smallest absolute Gasteiger partial charge is 0.232 e. The highest BCUT2D eigenvalue weighted by Gasteiger charge is 2.12. The molecule has 0 aliphatic rings. The van der Waals surface area contributed by atoms with Crippen molar-refractivity contribution >= 4 is 27.3 Å². The number of halogens is 2. The van der Waals surface area contributed by atoms with E-state index in [1.54, 1.807) is 0 Å². The van der Waals surface area contributed by atoms with Crippen LogP contribution in [0.4, 0.5) is 10.1 Å². The predicted octanol–water partition coefficient (Wildman–Crippen LogP) is 1.57. The molecule has 0 radical (unpaired) electrons. The number of hydrogen-bond acceptors (Lipinski definition) is 3. The molecule has 0 aromatic heterocycles. The van der Waals surface area contributed by atoms with Gasteiger partial charge in [-0.25, -0.2) is 12.8 Å². The molecule has 16 heavy (non-hydrogen) atoms. The molecule has 0 fully saturated rings. The van der Waals surface area contributed by atoms with Gasteiger partial charge in [-0.2, -0.15) is 0 Å². The lowest BCUT2D eigenvalue weighted by atomic mass is 10.3. The summed E-state index contributed by atoms with van der Waals surface area (Å²) in [5.41, 5.74) is 5.05. The molecule has 4 nitrogen and oxygen atoms in total. The standard InChI is InChI=1S/C9H12ClFN2O2S/c10-7-2-3-8(11)9(6-7)13-16(14,15)5-1-4-12/h2-3,6,13H,1,4-5,12H2. The molecular formula is C9H12ClFN2O2S. The van der Waals surface area contributed by atoms with E-state index >= 15 is 0 Å². The van der Waals surface area contributed by atoms with Crippen LogP contribution >= 0.6 is 11.6 Å². The first-order valence-corrected chi connectivity index (χ1v) is 6.63. The van der Waals surface area contributed by atoms with Crippen molar-refractivity contribution in [3.63, 3.8) is 0 Å². The molecular weight excluding hydrogens is 255 g/mol. The minimum atomic E-state index is -3.56. The van der Waals surface area contributed by atoms with Gasteiger partial charge in [-0.05, 0) is 31.2 Å². The van der Waals surface area contributed by atoms with Crippen molar-refractivity contribution in [2.75, 3.05) is 17.0 Å². The molecule has 0 spiro atoms. The van der Waals surface area contributed by atoms with Crippen molar-refractivity contribution in [3.05, 3.63) is 29.0 Å². The van der Waals surface area contributed by atoms with Gasteiger partial charge < -0.3 is 5.73 Å². The van der Waals surface area contributed by atoms with E-state index in [2.05, 4.69) is 4.72 Å². The number of sulfonamides is 1. The SMILES string of the molecule is NCCCS(=O)(=O)Nc1cc(Cl)ccc1F. The second kappa shape index (κ2) is 5.47. The van der Waals surface area contributed by atoms with Gasteiger partial charge in [0.25, 0.3) is 0 Å². The molecule has 0 saturated heterocycles. The minimum Gasteiger partial charge on any atom is -0.330 e. The predicted molar refractivity (Wildman–Crippen MR) is 62.5 cm³/mol. The van der Waals surface area contributed by atoms with Gasteiger partial charge in [0, 0.05) is 5.02 Å². The fraction of sp³-hybridized carbons (Fsp3) is 0.333. The fourth-order valence-corrected chi connectivity index (χ4v) is 2.38. The summed E-state index contributed by atoms with van der Waals surface area (Å²) in [7, 11) is -3.56. The van der Waals surface area contributed by atoms with Gasteiger partial charge in [0.15, 0.2) is 0 Å². The van der Waals surface area contributed by atoms with Crippen LogP contribution in [0.3, 0.4) is 0 Å². The molecule has 0 bridgehead atoms. The molecule has 1 aromatic rings. The first-order chi connectivity index (χ1) is 7.44. The van der Waals surface area contributed by atoms with Crippen LogP contribution < -0.4 is 10.5 Å². The number of nitrogens with two attached hydrogens (primary N) is 1. The average Bonchev–Trinajstić information content (AvgIpc) is 2.20. The van der Waals surface area contributed by atoms with E-state index in [1.165, 1.54) is 12.1 Å². The lowest BCUT2D eigenvalue weighted by molar-refractivity contribution is 0.596. The quantitative estimate of drug-likeness (QED) is 0.850. The maximum Gasteiger partial charge on any atom is 0.232 e. The first-order valence-electron chi connectivity index (χ1n) is 4.60. The molecule has 1 rings (SSSR count). The van der Waals surface area contributed by atoms with Crippen molar-refractivity contribution in [1.29, 1.82) is 0 Å². The topological polar surface area (TPSA) is 72.2 Å². The van der Waals surface area contributed by atoms with Gasteiger partial charge in [-0.3, -0.25) is 4.72 Å². The van der Waals surface area contributed by atoms with E-state index in [1.807, 2.05) is 0 Å². The molecule has 0 unspecified atom stereocenters. The van der Waals surface area contributed by atoms with E-state index in [9.17, 15) is 12.8 Å². The number of anilines is 1. The highest BCUT2D eigenvalue weighted by molar-refractivity contribution is 7.92. The van der Waals surface area contributed by atoms with Crippen molar-refractivity contribution < 1.29 is 12.8 Å². The zero-order valence-electron chi connectivity index (χ0n) is 8.41. The Kier molecular flexibility index (Phi) is 4.52. The summed E-state index contributed by atoms with van der Waals surface area (Å²) in [6.07, 6.45) is 0.317. The third-order valence-corrected chi connectivity index (χ3v) is 3.40. The Balaban J connectivity index is 2.83. The minimum absolute atomic E-state index is 0.143. The first kappa shape index (κ1) is 13.2. The normalized spacial score (nSPS) is 11.4. The van der Waals surface area contributed by atoms with E-state index < -0.39 is 15.8 Å². The number of rotatable bonds is 5. The van der Waals surface area contributed by atoms with E-state index in [-0.39, 0.29) is 23.0 Å². The number of benzene rings is 1. The molecule has 0 saturated carbocycles. The highest BCUT2D eigenvalue weighted by Crippen LogP contribution is 2.20. The summed E-state index contributed by atoms with van der Waals surface area (Å²) in [6, 6.07) is 3.66. The molecule has 0 atom stereocenters. The Hall–Kier alpha value is -0.850. The van der Waals surface area contributed by atoms with Crippen molar-refractivity contribution in [1.82, 2.24) is 0 Å². The molecule has 90 valence electrons. The zero-order valence-corrected chi connectivity index (χ0v) is 9.98. The van der Waals surface area contributed by atoms with Crippen LogP contribution in [-0.4, -0.2) is 20.7 Å². The van der Waals surface area contributed by atoms with Crippen LogP contribution in [0.15, 0.2) is 18.2 Å². The summed E-state index contributed by atoms with van der Waals surface area (Å²) in [6.45, 7) is 0.263. The lowest BCUT2D eigenvalue weighted by Gasteiger charge is -2.08. The summed E-state index contributed by atoms with van der Waals surface area (Å²) < 4.78 is 38.2. The van der Waals surface area contributed by atoms with Gasteiger partial charge >= 0.3 is 0 Å². The van der Waals surface area contributed by atoms with Crippen LogP contribution in [-0.2, 0) is 10.0 Å². The Morgan fingerprint density at radius 3 is 2.75 bits per heavy atom. The van der Waals surface area contributed by atoms with Crippen molar-refractivity contribution in [2.24, 2.45) is 5.73 Å². The van der Waals surface area contributed by atoms with Crippen LogP contribution in [0, 0.1) is 5.82 Å². The van der Waals surface area contributed by atoms with Crippen LogP contribution in [0.2, 0.25) is 5.02 Å². The second-order valence-corrected chi connectivity index (χ2v) is 5.47. The van der Waals surface area contributed by atoms with E-state index in [0.717, 1.165) is 6.07 Å². The van der Waals surface area contributed by atoms with Crippen LogP contribution in [0.5, 0.6) is 0 Å². The van der Waals surface area contributed by atoms with E-state index in [4.69, 9.17) is 17.3 Å². The molecule has 1 aromatic carbocycles. The highest BCUT2D eigenvalue weighted by atomic mass is 35.5. The van der Waals surface area contributed by atoms with Gasteiger partial charge in [-0.15, -0.1) is 0 Å². The Bertz CT molecular complexity index is 465. The number of hydrogen-bond donors (Lipinski definition) is 2. The monoisotopic (exact) mass is 266 g/mol. The summed E-state index contributed by atoms with van der Waals surface area (Å²) >= 11 is 5.63. The van der Waals surface area contributed by atoms with Crippen molar-refractivity contribution in [3.8, 4) is 0 Å². The molecule has 0 heterocycles. The van der Waals surface area contributed by atoms with Gasteiger partial charge in [0.1, 0.15) is 5.82 Å². The average molecular weight is 267 g/mol. The third-order valence-electron chi connectivity index (χ3n) is 1.81. The summed E-state index contributed by atoms with van der Waals surface area (Å²) in [4.78, 5) is 0. The molecule has 0 aliphatic heterocycles. The molecule has 0 aliphatic carbocycles. The number of nitrogens with one attached hydrogen (secondary N) is 1. The molecule has 3 N–H and O–H groups in total. The molecule has 7 heteroatoms. The maximum atomic E-state index is 13.2. The Labute approximate surface area is 98.6 Å². The Morgan fingerprint density at radius 1 is 1.44 bits per heavy atom. The van der Waals surface area contributed by atoms with E-state index in [0.29, 0.717) is 6.42 Å². The Morgan fingerprint density at radius 2 is 2.12 bits per heavy atom. The second-order valence-electron chi connectivity index (χ2n) is 3.19. The third kappa shape index (κ3) is 3.96. The van der Waals surface area contributed by atoms with Gasteiger partial charge in [0.2, 0.25) is 10.0 Å². The fourth-order valence-electron chi connectivity index (χ4n) is 1.07. The van der Waals surface area contributed by atoms with Crippen LogP contribution in [0.1, 0.15) is 6.42 Å². The summed E-state index contributed by atoms with van der Waals surface area (Å²) in [5, 5.41) is 0.262. The maximum absolute atomic E-state index is 13.2.